The first-order valence-corrected chi connectivity index (χ1v) is 9.21. The number of aliphatic hydroxyl groups is 1. The second kappa shape index (κ2) is 5.73. The van der Waals surface area contributed by atoms with Gasteiger partial charge in [-0.1, -0.05) is 13.3 Å². The molecule has 3 rings (SSSR count). The van der Waals surface area contributed by atoms with Crippen molar-refractivity contribution in [3.05, 3.63) is 28.8 Å². The molecule has 0 heterocycles. The van der Waals surface area contributed by atoms with Crippen LogP contribution in [0.4, 0.5) is 0 Å². The van der Waals surface area contributed by atoms with Gasteiger partial charge in [0.25, 0.3) is 0 Å². The van der Waals surface area contributed by atoms with Gasteiger partial charge in [0.05, 0.1) is 18.1 Å². The Bertz CT molecular complexity index is 703. The Morgan fingerprint density at radius 2 is 1.96 bits per heavy atom. The zero-order valence-electron chi connectivity index (χ0n) is 16.0. The molecule has 0 bridgehead atoms. The molecule has 1 aromatic rings. The van der Waals surface area contributed by atoms with Crippen molar-refractivity contribution in [2.24, 2.45) is 11.3 Å². The highest BCUT2D eigenvalue weighted by Crippen LogP contribution is 2.58. The fourth-order valence-corrected chi connectivity index (χ4v) is 5.47. The third-order valence-electron chi connectivity index (χ3n) is 6.78. The average molecular weight is 346 g/mol. The first-order valence-electron chi connectivity index (χ1n) is 9.21. The predicted octanol–water partition coefficient (Wildman–Crippen LogP) is 3.80. The van der Waals surface area contributed by atoms with E-state index in [9.17, 15) is 15.0 Å². The summed E-state index contributed by atoms with van der Waals surface area (Å²) in [6.07, 6.45) is 4.59. The number of carbonyl (C=O) groups excluding carboxylic acids is 1. The van der Waals surface area contributed by atoms with Crippen LogP contribution < -0.4 is 0 Å². The number of carbonyl (C=O) groups is 1. The van der Waals surface area contributed by atoms with Crippen molar-refractivity contribution in [3.8, 4) is 5.75 Å². The SMILES string of the molecule is COC(=O)[C@]1(C)CCC[C@]2(C)c3cc(O)c(C(C)(C)O)cc3CC[C@@H]12. The van der Waals surface area contributed by atoms with Gasteiger partial charge >= 0.3 is 5.97 Å². The highest BCUT2D eigenvalue weighted by atomic mass is 16.5. The molecular formula is C21H30O4. The van der Waals surface area contributed by atoms with Crippen molar-refractivity contribution < 1.29 is 19.7 Å². The molecule has 4 heteroatoms. The standard InChI is InChI=1S/C21H30O4/c1-19(2,24)15-11-13-7-8-17-20(3,14(13)12-16(15)22)9-6-10-21(17,4)18(23)25-5/h11-12,17,22,24H,6-10H2,1-5H3/t17-,20-,21-/m1/s1. The smallest absolute Gasteiger partial charge is 0.311 e. The molecule has 2 N–H and O–H groups in total. The summed E-state index contributed by atoms with van der Waals surface area (Å²) >= 11 is 0. The van der Waals surface area contributed by atoms with Gasteiger partial charge in [0.15, 0.2) is 0 Å². The maximum Gasteiger partial charge on any atom is 0.311 e. The van der Waals surface area contributed by atoms with E-state index in [1.54, 1.807) is 13.8 Å². The van der Waals surface area contributed by atoms with Crippen LogP contribution in [-0.4, -0.2) is 23.3 Å². The molecule has 4 nitrogen and oxygen atoms in total. The van der Waals surface area contributed by atoms with Gasteiger partial charge in [-0.05, 0) is 81.0 Å². The van der Waals surface area contributed by atoms with Crippen LogP contribution in [0.25, 0.3) is 0 Å². The first-order chi connectivity index (χ1) is 11.5. The highest BCUT2D eigenvalue weighted by molar-refractivity contribution is 5.77. The minimum atomic E-state index is -1.08. The summed E-state index contributed by atoms with van der Waals surface area (Å²) in [6, 6.07) is 3.79. The van der Waals surface area contributed by atoms with Crippen molar-refractivity contribution >= 4 is 5.97 Å². The summed E-state index contributed by atoms with van der Waals surface area (Å²) in [5, 5.41) is 20.9. The minimum absolute atomic E-state index is 0.121. The number of aryl methyl sites for hydroxylation is 1. The van der Waals surface area contributed by atoms with E-state index in [1.165, 1.54) is 12.7 Å². The third-order valence-corrected chi connectivity index (χ3v) is 6.78. The number of esters is 1. The largest absolute Gasteiger partial charge is 0.508 e. The number of phenolic OH excluding ortho intramolecular Hbond substituents is 1. The number of methoxy groups -OCH3 is 1. The maximum absolute atomic E-state index is 12.5. The number of hydrogen-bond donors (Lipinski definition) is 2. The molecule has 1 aromatic carbocycles. The van der Waals surface area contributed by atoms with Crippen molar-refractivity contribution in [1.82, 2.24) is 0 Å². The van der Waals surface area contributed by atoms with Gasteiger partial charge in [0, 0.05) is 5.56 Å². The lowest BCUT2D eigenvalue weighted by Crippen LogP contribution is -2.52. The quantitative estimate of drug-likeness (QED) is 0.799. The molecular weight excluding hydrogens is 316 g/mol. The van der Waals surface area contributed by atoms with Crippen LogP contribution in [-0.2, 0) is 27.0 Å². The number of ether oxygens (including phenoxy) is 1. The van der Waals surface area contributed by atoms with Crippen LogP contribution in [0.15, 0.2) is 12.1 Å². The number of phenols is 1. The summed E-state index contributed by atoms with van der Waals surface area (Å²) in [5.41, 5.74) is 1.16. The Labute approximate surface area is 150 Å². The summed E-state index contributed by atoms with van der Waals surface area (Å²) in [6.45, 7) is 7.64. The van der Waals surface area contributed by atoms with Gasteiger partial charge in [-0.2, -0.15) is 0 Å². The Morgan fingerprint density at radius 3 is 2.56 bits per heavy atom. The average Bonchev–Trinajstić information content (AvgIpc) is 2.53. The van der Waals surface area contributed by atoms with Crippen LogP contribution in [0.2, 0.25) is 0 Å². The summed E-state index contributed by atoms with van der Waals surface area (Å²) in [5.74, 6) is 0.212. The van der Waals surface area contributed by atoms with E-state index in [4.69, 9.17) is 4.74 Å². The lowest BCUT2D eigenvalue weighted by molar-refractivity contribution is -0.161. The molecule has 138 valence electrons. The van der Waals surface area contributed by atoms with Crippen LogP contribution in [0.1, 0.15) is 70.1 Å². The minimum Gasteiger partial charge on any atom is -0.508 e. The zero-order chi connectivity index (χ0) is 18.6. The molecule has 0 radical (unpaired) electrons. The molecule has 0 aliphatic heterocycles. The zero-order valence-corrected chi connectivity index (χ0v) is 16.0. The summed E-state index contributed by atoms with van der Waals surface area (Å²) in [7, 11) is 1.47. The fourth-order valence-electron chi connectivity index (χ4n) is 5.47. The predicted molar refractivity (Wildman–Crippen MR) is 96.5 cm³/mol. The van der Waals surface area contributed by atoms with Crippen molar-refractivity contribution in [1.29, 1.82) is 0 Å². The molecule has 2 aliphatic carbocycles. The molecule has 2 aliphatic rings. The summed E-state index contributed by atoms with van der Waals surface area (Å²) < 4.78 is 5.14. The van der Waals surface area contributed by atoms with E-state index in [-0.39, 0.29) is 23.1 Å². The van der Waals surface area contributed by atoms with Crippen molar-refractivity contribution in [3.63, 3.8) is 0 Å². The molecule has 25 heavy (non-hydrogen) atoms. The van der Waals surface area contributed by atoms with E-state index in [2.05, 4.69) is 6.92 Å². The van der Waals surface area contributed by atoms with Crippen LogP contribution >= 0.6 is 0 Å². The molecule has 0 aromatic heterocycles. The molecule has 1 fully saturated rings. The van der Waals surface area contributed by atoms with E-state index in [1.807, 2.05) is 19.1 Å². The number of fused-ring (bicyclic) bond motifs is 3. The number of aromatic hydroxyl groups is 1. The number of rotatable bonds is 2. The van der Waals surface area contributed by atoms with Crippen LogP contribution in [0.3, 0.4) is 0 Å². The molecule has 1 saturated carbocycles. The van der Waals surface area contributed by atoms with Gasteiger partial charge < -0.3 is 14.9 Å². The second-order valence-electron chi connectivity index (χ2n) is 8.86. The maximum atomic E-state index is 12.5. The van der Waals surface area contributed by atoms with Crippen molar-refractivity contribution in [2.75, 3.05) is 7.11 Å². The molecule has 0 saturated heterocycles. The highest BCUT2D eigenvalue weighted by Gasteiger charge is 2.55. The van der Waals surface area contributed by atoms with E-state index in [0.717, 1.165) is 37.7 Å². The monoisotopic (exact) mass is 346 g/mol. The molecule has 0 amide bonds. The first kappa shape index (κ1) is 18.2. The number of hydrogen-bond acceptors (Lipinski definition) is 4. The van der Waals surface area contributed by atoms with E-state index in [0.29, 0.717) is 5.56 Å². The Balaban J connectivity index is 2.12. The lowest BCUT2D eigenvalue weighted by Gasteiger charge is -2.54. The molecule has 0 unspecified atom stereocenters. The van der Waals surface area contributed by atoms with Gasteiger partial charge in [0.2, 0.25) is 0 Å². The second-order valence-corrected chi connectivity index (χ2v) is 8.86. The summed E-state index contributed by atoms with van der Waals surface area (Å²) in [4.78, 5) is 12.5. The van der Waals surface area contributed by atoms with Crippen LogP contribution in [0, 0.1) is 11.3 Å². The van der Waals surface area contributed by atoms with Gasteiger partial charge in [-0.3, -0.25) is 4.79 Å². The van der Waals surface area contributed by atoms with Crippen molar-refractivity contribution in [2.45, 2.75) is 70.8 Å². The lowest BCUT2D eigenvalue weighted by atomic mass is 9.49. The molecule has 0 spiro atoms. The Hall–Kier alpha value is -1.55. The fraction of sp³-hybridized carbons (Fsp3) is 0.667. The van der Waals surface area contributed by atoms with E-state index < -0.39 is 11.0 Å². The van der Waals surface area contributed by atoms with Gasteiger partial charge in [-0.25, -0.2) is 0 Å². The Kier molecular flexibility index (Phi) is 4.18. The topological polar surface area (TPSA) is 66.8 Å². The molecule has 3 atom stereocenters. The van der Waals surface area contributed by atoms with Gasteiger partial charge in [-0.15, -0.1) is 0 Å². The number of benzene rings is 1. The third kappa shape index (κ3) is 2.66. The van der Waals surface area contributed by atoms with Gasteiger partial charge in [0.1, 0.15) is 5.75 Å². The van der Waals surface area contributed by atoms with Crippen LogP contribution in [0.5, 0.6) is 5.75 Å². The van der Waals surface area contributed by atoms with E-state index >= 15 is 0 Å². The Morgan fingerprint density at radius 1 is 1.28 bits per heavy atom. The normalized spacial score (nSPS) is 31.8.